The molecule has 0 fully saturated rings. The Morgan fingerprint density at radius 3 is 2.26 bits per heavy atom. The third-order valence-electron chi connectivity index (χ3n) is 6.05. The number of Topliss-reactive ketones (excluding diaryl/α,β-unsaturated/α-hetero) is 1. The number of para-hydroxylation sites is 1. The fourth-order valence-corrected chi connectivity index (χ4v) is 4.62. The molecule has 3 aromatic rings. The Labute approximate surface area is 175 Å². The molecule has 0 saturated carbocycles. The third kappa shape index (κ3) is 2.43. The number of hydrogen-bond donors (Lipinski definition) is 0. The van der Waals surface area contributed by atoms with Gasteiger partial charge in [0.2, 0.25) is 0 Å². The van der Waals surface area contributed by atoms with Crippen LogP contribution in [-0.2, 0) is 14.1 Å². The van der Waals surface area contributed by atoms with Crippen molar-refractivity contribution in [1.82, 2.24) is 9.13 Å². The lowest BCUT2D eigenvalue weighted by molar-refractivity contribution is -0.385. The maximum absolute atomic E-state index is 13.4. The lowest BCUT2D eigenvalue weighted by Gasteiger charge is -2.29. The van der Waals surface area contributed by atoms with E-state index in [0.717, 1.165) is 4.57 Å². The lowest BCUT2D eigenvalue weighted by atomic mass is 9.76. The lowest BCUT2D eigenvalue weighted by Crippen LogP contribution is -2.43. The van der Waals surface area contributed by atoms with E-state index in [4.69, 9.17) is 0 Å². The summed E-state index contributed by atoms with van der Waals surface area (Å²) in [5.74, 6) is -1.98. The van der Waals surface area contributed by atoms with E-state index in [0.29, 0.717) is 16.8 Å². The highest BCUT2D eigenvalue weighted by molar-refractivity contribution is 6.30. The highest BCUT2D eigenvalue weighted by Gasteiger charge is 2.49. The smallest absolute Gasteiger partial charge is 0.293 e. The van der Waals surface area contributed by atoms with E-state index in [-0.39, 0.29) is 28.4 Å². The molecule has 2 heterocycles. The molecule has 31 heavy (non-hydrogen) atoms. The van der Waals surface area contributed by atoms with Gasteiger partial charge in [-0.15, -0.1) is 0 Å². The van der Waals surface area contributed by atoms with E-state index in [2.05, 4.69) is 4.99 Å². The number of hydrogen-bond acceptors (Lipinski definition) is 6. The topological polar surface area (TPSA) is 117 Å². The van der Waals surface area contributed by atoms with Gasteiger partial charge in [-0.1, -0.05) is 42.5 Å². The van der Waals surface area contributed by atoms with Crippen molar-refractivity contribution in [1.29, 1.82) is 0 Å². The predicted octanol–water partition coefficient (Wildman–Crippen LogP) is 2.07. The van der Waals surface area contributed by atoms with Crippen LogP contribution in [0.15, 0.2) is 63.1 Å². The standard InChI is InChI=1S/C22H16N4O5/c1-24-20-17(21(28)25(2)22(24)29)15(13-9-5-6-10-14(13)26(30)31)16-18(23-20)11-7-3-4-8-12(11)19(16)27/h3-10,15-16H,1-2H3/t15-,16+/m1/s1. The van der Waals surface area contributed by atoms with Crippen molar-refractivity contribution in [3.63, 3.8) is 0 Å². The molecule has 9 nitrogen and oxygen atoms in total. The zero-order chi connectivity index (χ0) is 22.0. The van der Waals surface area contributed by atoms with Gasteiger partial charge in [0, 0.05) is 42.8 Å². The van der Waals surface area contributed by atoms with Gasteiger partial charge >= 0.3 is 5.69 Å². The number of benzene rings is 2. The molecular formula is C22H16N4O5. The molecule has 0 spiro atoms. The van der Waals surface area contributed by atoms with Crippen LogP contribution < -0.4 is 11.2 Å². The summed E-state index contributed by atoms with van der Waals surface area (Å²) in [5.41, 5.74) is 0.443. The molecular weight excluding hydrogens is 400 g/mol. The molecule has 154 valence electrons. The maximum Gasteiger partial charge on any atom is 0.332 e. The summed E-state index contributed by atoms with van der Waals surface area (Å²) < 4.78 is 2.18. The number of nitro benzene ring substituents is 1. The second-order valence-corrected chi connectivity index (χ2v) is 7.62. The second-order valence-electron chi connectivity index (χ2n) is 7.62. The first-order valence-electron chi connectivity index (χ1n) is 9.58. The minimum absolute atomic E-state index is 0.105. The second kappa shape index (κ2) is 6.43. The summed E-state index contributed by atoms with van der Waals surface area (Å²) in [4.78, 5) is 55.1. The van der Waals surface area contributed by atoms with Gasteiger partial charge in [-0.2, -0.15) is 0 Å². The highest BCUT2D eigenvalue weighted by atomic mass is 16.6. The first kappa shape index (κ1) is 18.9. The van der Waals surface area contributed by atoms with Gasteiger partial charge in [0.15, 0.2) is 5.78 Å². The van der Waals surface area contributed by atoms with E-state index in [1.54, 1.807) is 36.4 Å². The molecule has 5 rings (SSSR count). The van der Waals surface area contributed by atoms with Crippen LogP contribution >= 0.6 is 0 Å². The van der Waals surface area contributed by atoms with Crippen molar-refractivity contribution in [3.8, 4) is 0 Å². The molecule has 0 amide bonds. The van der Waals surface area contributed by atoms with Crippen LogP contribution in [0.5, 0.6) is 0 Å². The molecule has 2 aromatic carbocycles. The fraction of sp³-hybridized carbons (Fsp3) is 0.182. The summed E-state index contributed by atoms with van der Waals surface area (Å²) in [7, 11) is 2.83. The molecule has 9 heteroatoms. The molecule has 0 unspecified atom stereocenters. The Balaban J connectivity index is 1.94. The third-order valence-corrected chi connectivity index (χ3v) is 6.05. The van der Waals surface area contributed by atoms with Crippen molar-refractivity contribution in [3.05, 3.63) is 102 Å². The molecule has 2 atom stereocenters. The largest absolute Gasteiger partial charge is 0.332 e. The van der Waals surface area contributed by atoms with E-state index in [9.17, 15) is 24.5 Å². The number of aliphatic imine (C=N–C) groups is 1. The zero-order valence-corrected chi connectivity index (χ0v) is 16.6. The van der Waals surface area contributed by atoms with Gasteiger partial charge in [0.1, 0.15) is 5.82 Å². The van der Waals surface area contributed by atoms with Gasteiger partial charge in [0.05, 0.1) is 22.1 Å². The summed E-state index contributed by atoms with van der Waals surface area (Å²) >= 11 is 0. The summed E-state index contributed by atoms with van der Waals surface area (Å²) in [6.07, 6.45) is 0. The summed E-state index contributed by atoms with van der Waals surface area (Å²) in [6.45, 7) is 0. The Kier molecular flexibility index (Phi) is 3.91. The number of nitro groups is 1. The number of aromatic nitrogens is 2. The van der Waals surface area contributed by atoms with E-state index >= 15 is 0 Å². The van der Waals surface area contributed by atoms with Crippen molar-refractivity contribution >= 4 is 23.0 Å². The van der Waals surface area contributed by atoms with Crippen LogP contribution in [0.2, 0.25) is 0 Å². The summed E-state index contributed by atoms with van der Waals surface area (Å²) in [6, 6.07) is 13.0. The van der Waals surface area contributed by atoms with E-state index in [1.807, 2.05) is 0 Å². The molecule has 1 aromatic heterocycles. The van der Waals surface area contributed by atoms with Crippen LogP contribution in [0.1, 0.15) is 33.0 Å². The van der Waals surface area contributed by atoms with Crippen LogP contribution in [-0.4, -0.2) is 25.6 Å². The van der Waals surface area contributed by atoms with Crippen LogP contribution in [0, 0.1) is 16.0 Å². The number of ketones is 1. The SMILES string of the molecule is Cn1c2c(c(=O)n(C)c1=O)[C@H](c1ccccc1[N+](=O)[O-])[C@@H]1C(=O)c3ccccc3C1=N2. The van der Waals surface area contributed by atoms with Crippen molar-refractivity contribution in [2.75, 3.05) is 0 Å². The highest BCUT2D eigenvalue weighted by Crippen LogP contribution is 2.48. The Bertz CT molecular complexity index is 1460. The Morgan fingerprint density at radius 2 is 1.55 bits per heavy atom. The van der Waals surface area contributed by atoms with Gasteiger partial charge in [-0.25, -0.2) is 9.79 Å². The van der Waals surface area contributed by atoms with Crippen molar-refractivity contribution in [2.24, 2.45) is 25.0 Å². The number of nitrogens with zero attached hydrogens (tertiary/aromatic N) is 4. The molecule has 0 radical (unpaired) electrons. The molecule has 0 bridgehead atoms. The number of carbonyl (C=O) groups excluding carboxylic acids is 1. The van der Waals surface area contributed by atoms with Crippen molar-refractivity contribution < 1.29 is 9.72 Å². The van der Waals surface area contributed by atoms with Crippen LogP contribution in [0.4, 0.5) is 11.5 Å². The van der Waals surface area contributed by atoms with E-state index in [1.165, 1.54) is 30.8 Å². The molecule has 0 saturated heterocycles. The molecule has 2 aliphatic rings. The quantitative estimate of drug-likeness (QED) is 0.468. The number of carbonyl (C=O) groups is 1. The van der Waals surface area contributed by atoms with Crippen LogP contribution in [0.3, 0.4) is 0 Å². The minimum Gasteiger partial charge on any atom is -0.293 e. The molecule has 1 aliphatic carbocycles. The van der Waals surface area contributed by atoms with Gasteiger partial charge in [0.25, 0.3) is 11.2 Å². The Hall–Kier alpha value is -4.14. The monoisotopic (exact) mass is 416 g/mol. The van der Waals surface area contributed by atoms with Gasteiger partial charge < -0.3 is 0 Å². The predicted molar refractivity (Wildman–Crippen MR) is 112 cm³/mol. The Morgan fingerprint density at radius 1 is 0.903 bits per heavy atom. The average molecular weight is 416 g/mol. The molecule has 1 aliphatic heterocycles. The first-order valence-corrected chi connectivity index (χ1v) is 9.58. The van der Waals surface area contributed by atoms with Gasteiger partial charge in [-0.3, -0.25) is 28.8 Å². The zero-order valence-electron chi connectivity index (χ0n) is 16.6. The van der Waals surface area contributed by atoms with E-state index < -0.39 is 28.0 Å². The van der Waals surface area contributed by atoms with Gasteiger partial charge in [-0.05, 0) is 0 Å². The average Bonchev–Trinajstić information content (AvgIpc) is 3.07. The minimum atomic E-state index is -0.950. The van der Waals surface area contributed by atoms with Crippen molar-refractivity contribution in [2.45, 2.75) is 5.92 Å². The van der Waals surface area contributed by atoms with Crippen LogP contribution in [0.25, 0.3) is 0 Å². The normalized spacial score (nSPS) is 18.8. The molecule has 0 N–H and O–H groups in total. The summed E-state index contributed by atoms with van der Waals surface area (Å²) in [5, 5.41) is 11.8. The first-order chi connectivity index (χ1) is 14.8. The number of rotatable bonds is 2. The number of fused-ring (bicyclic) bond motifs is 4. The maximum atomic E-state index is 13.4. The fourth-order valence-electron chi connectivity index (χ4n) is 4.62.